The molecule has 0 amide bonds. The number of nitrogens with one attached hydrogen (secondary N) is 1. The second-order valence-electron chi connectivity index (χ2n) is 3.26. The Bertz CT molecular complexity index is 447. The molecule has 1 atom stereocenters. The SMILES string of the molecule is OCC(Nc1cccc(F)c1)c1nccs1. The average Bonchev–Trinajstić information content (AvgIpc) is 2.79. The molecule has 0 fully saturated rings. The summed E-state index contributed by atoms with van der Waals surface area (Å²) in [7, 11) is 0. The van der Waals surface area contributed by atoms with E-state index in [9.17, 15) is 9.50 Å². The lowest BCUT2D eigenvalue weighted by Crippen LogP contribution is -2.14. The summed E-state index contributed by atoms with van der Waals surface area (Å²) in [6.45, 7) is -0.0793. The maximum atomic E-state index is 12.9. The summed E-state index contributed by atoms with van der Waals surface area (Å²) >= 11 is 1.45. The number of rotatable bonds is 4. The minimum Gasteiger partial charge on any atom is -0.394 e. The molecular formula is C11H11FN2OS. The lowest BCUT2D eigenvalue weighted by molar-refractivity contribution is 0.276. The number of benzene rings is 1. The molecule has 0 aliphatic carbocycles. The molecule has 0 aliphatic rings. The first-order valence-electron chi connectivity index (χ1n) is 4.82. The van der Waals surface area contributed by atoms with Crippen LogP contribution in [0.5, 0.6) is 0 Å². The third-order valence-electron chi connectivity index (χ3n) is 2.10. The molecule has 1 aromatic carbocycles. The van der Waals surface area contributed by atoms with Crippen LogP contribution in [-0.2, 0) is 0 Å². The molecule has 0 saturated heterocycles. The Balaban J connectivity index is 2.13. The van der Waals surface area contributed by atoms with Gasteiger partial charge in [-0.05, 0) is 18.2 Å². The number of aromatic nitrogens is 1. The lowest BCUT2D eigenvalue weighted by atomic mass is 10.2. The number of hydrogen-bond acceptors (Lipinski definition) is 4. The van der Waals surface area contributed by atoms with Crippen molar-refractivity contribution >= 4 is 17.0 Å². The number of hydrogen-bond donors (Lipinski definition) is 2. The average molecular weight is 238 g/mol. The summed E-state index contributed by atoms with van der Waals surface area (Å²) in [5.41, 5.74) is 0.634. The highest BCUT2D eigenvalue weighted by Gasteiger charge is 2.12. The van der Waals surface area contributed by atoms with Gasteiger partial charge < -0.3 is 10.4 Å². The van der Waals surface area contributed by atoms with Gasteiger partial charge in [0.15, 0.2) is 0 Å². The summed E-state index contributed by atoms with van der Waals surface area (Å²) in [4.78, 5) is 4.11. The van der Waals surface area contributed by atoms with Crippen LogP contribution in [0.25, 0.3) is 0 Å². The van der Waals surface area contributed by atoms with Crippen LogP contribution in [-0.4, -0.2) is 16.7 Å². The van der Waals surface area contributed by atoms with Crippen molar-refractivity contribution in [1.29, 1.82) is 0 Å². The van der Waals surface area contributed by atoms with Crippen molar-refractivity contribution in [2.45, 2.75) is 6.04 Å². The monoisotopic (exact) mass is 238 g/mol. The van der Waals surface area contributed by atoms with Gasteiger partial charge in [0, 0.05) is 17.3 Å². The van der Waals surface area contributed by atoms with E-state index in [0.717, 1.165) is 5.01 Å². The molecule has 2 rings (SSSR count). The topological polar surface area (TPSA) is 45.1 Å². The van der Waals surface area contributed by atoms with Gasteiger partial charge in [-0.25, -0.2) is 9.37 Å². The van der Waals surface area contributed by atoms with Crippen molar-refractivity contribution in [2.75, 3.05) is 11.9 Å². The van der Waals surface area contributed by atoms with E-state index in [-0.39, 0.29) is 18.5 Å². The van der Waals surface area contributed by atoms with Gasteiger partial charge in [0.2, 0.25) is 0 Å². The Morgan fingerprint density at radius 1 is 1.50 bits per heavy atom. The number of thiazole rings is 1. The van der Waals surface area contributed by atoms with Crippen molar-refractivity contribution in [3.8, 4) is 0 Å². The van der Waals surface area contributed by atoms with Crippen LogP contribution in [0.1, 0.15) is 11.0 Å². The molecule has 0 aliphatic heterocycles. The van der Waals surface area contributed by atoms with Gasteiger partial charge in [0.05, 0.1) is 6.61 Å². The quantitative estimate of drug-likeness (QED) is 0.859. The number of anilines is 1. The van der Waals surface area contributed by atoms with Crippen LogP contribution in [0.15, 0.2) is 35.8 Å². The van der Waals surface area contributed by atoms with Gasteiger partial charge in [-0.2, -0.15) is 0 Å². The number of halogens is 1. The van der Waals surface area contributed by atoms with Gasteiger partial charge in [0.25, 0.3) is 0 Å². The first-order valence-corrected chi connectivity index (χ1v) is 5.70. The molecule has 16 heavy (non-hydrogen) atoms. The fourth-order valence-electron chi connectivity index (χ4n) is 1.37. The first-order chi connectivity index (χ1) is 7.79. The zero-order chi connectivity index (χ0) is 11.4. The lowest BCUT2D eigenvalue weighted by Gasteiger charge is -2.14. The predicted molar refractivity (Wildman–Crippen MR) is 62.0 cm³/mol. The Kier molecular flexibility index (Phi) is 3.48. The summed E-state index contributed by atoms with van der Waals surface area (Å²) in [6.07, 6.45) is 1.68. The first kappa shape index (κ1) is 11.0. The largest absolute Gasteiger partial charge is 0.394 e. The van der Waals surface area contributed by atoms with Crippen LogP contribution < -0.4 is 5.32 Å². The van der Waals surface area contributed by atoms with Crippen molar-refractivity contribution in [2.24, 2.45) is 0 Å². The maximum Gasteiger partial charge on any atom is 0.125 e. The minimum atomic E-state index is -0.305. The van der Waals surface area contributed by atoms with Crippen molar-refractivity contribution in [1.82, 2.24) is 4.98 Å². The Hall–Kier alpha value is -1.46. The van der Waals surface area contributed by atoms with Gasteiger partial charge in [-0.15, -0.1) is 11.3 Å². The summed E-state index contributed by atoms with van der Waals surface area (Å²) in [5, 5.41) is 14.9. The summed E-state index contributed by atoms with van der Waals surface area (Å²) < 4.78 is 12.9. The molecule has 5 heteroatoms. The van der Waals surface area contributed by atoms with E-state index in [0.29, 0.717) is 5.69 Å². The fourth-order valence-corrected chi connectivity index (χ4v) is 2.05. The zero-order valence-corrected chi connectivity index (χ0v) is 9.25. The molecule has 3 nitrogen and oxygen atoms in total. The van der Waals surface area contributed by atoms with E-state index in [1.54, 1.807) is 18.3 Å². The van der Waals surface area contributed by atoms with Gasteiger partial charge in [-0.1, -0.05) is 6.07 Å². The Labute approximate surface area is 96.6 Å². The zero-order valence-electron chi connectivity index (χ0n) is 8.43. The molecule has 2 aromatic rings. The molecule has 0 radical (unpaired) electrons. The van der Waals surface area contributed by atoms with Gasteiger partial charge in [0.1, 0.15) is 16.9 Å². The van der Waals surface area contributed by atoms with Gasteiger partial charge >= 0.3 is 0 Å². The number of aliphatic hydroxyl groups excluding tert-OH is 1. The molecule has 0 saturated carbocycles. The minimum absolute atomic E-state index is 0.0793. The van der Waals surface area contributed by atoms with E-state index in [1.165, 1.54) is 23.5 Å². The smallest absolute Gasteiger partial charge is 0.125 e. The summed E-state index contributed by atoms with van der Waals surface area (Å²) in [5.74, 6) is -0.305. The predicted octanol–water partition coefficient (Wildman–Crippen LogP) is 2.43. The third kappa shape index (κ3) is 2.56. The van der Waals surface area contributed by atoms with E-state index in [4.69, 9.17) is 0 Å². The van der Waals surface area contributed by atoms with Crippen LogP contribution in [0.4, 0.5) is 10.1 Å². The molecular weight excluding hydrogens is 227 g/mol. The number of aliphatic hydroxyl groups is 1. The molecule has 0 bridgehead atoms. The second kappa shape index (κ2) is 5.05. The van der Waals surface area contributed by atoms with E-state index >= 15 is 0 Å². The normalized spacial score (nSPS) is 12.4. The molecule has 0 spiro atoms. The van der Waals surface area contributed by atoms with Crippen LogP contribution in [0.3, 0.4) is 0 Å². The van der Waals surface area contributed by atoms with Crippen LogP contribution in [0.2, 0.25) is 0 Å². The summed E-state index contributed by atoms with van der Waals surface area (Å²) in [6, 6.07) is 5.84. The molecule has 2 N–H and O–H groups in total. The van der Waals surface area contributed by atoms with E-state index in [1.807, 2.05) is 5.38 Å². The van der Waals surface area contributed by atoms with Crippen molar-refractivity contribution in [3.05, 3.63) is 46.7 Å². The molecule has 1 unspecified atom stereocenters. The highest BCUT2D eigenvalue weighted by atomic mass is 32.1. The third-order valence-corrected chi connectivity index (χ3v) is 2.99. The van der Waals surface area contributed by atoms with Crippen LogP contribution >= 0.6 is 11.3 Å². The molecule has 1 heterocycles. The highest BCUT2D eigenvalue weighted by Crippen LogP contribution is 2.21. The standard InChI is InChI=1S/C11H11FN2OS/c12-8-2-1-3-9(6-8)14-10(7-15)11-13-4-5-16-11/h1-6,10,14-15H,7H2. The maximum absolute atomic E-state index is 12.9. The molecule has 1 aromatic heterocycles. The van der Waals surface area contributed by atoms with Gasteiger partial charge in [-0.3, -0.25) is 0 Å². The number of nitrogens with zero attached hydrogens (tertiary/aromatic N) is 1. The molecule has 84 valence electrons. The highest BCUT2D eigenvalue weighted by molar-refractivity contribution is 7.09. The Morgan fingerprint density at radius 3 is 3.00 bits per heavy atom. The van der Waals surface area contributed by atoms with E-state index < -0.39 is 0 Å². The second-order valence-corrected chi connectivity index (χ2v) is 4.19. The Morgan fingerprint density at radius 2 is 2.38 bits per heavy atom. The fraction of sp³-hybridized carbons (Fsp3) is 0.182. The van der Waals surface area contributed by atoms with E-state index in [2.05, 4.69) is 10.3 Å². The van der Waals surface area contributed by atoms with Crippen molar-refractivity contribution in [3.63, 3.8) is 0 Å². The van der Waals surface area contributed by atoms with Crippen molar-refractivity contribution < 1.29 is 9.50 Å². The van der Waals surface area contributed by atoms with Crippen LogP contribution in [0, 0.1) is 5.82 Å².